The molecule has 0 saturated carbocycles. The first-order chi connectivity index (χ1) is 25.8. The molecule has 0 spiro atoms. The lowest BCUT2D eigenvalue weighted by Crippen LogP contribution is -2.49. The van der Waals surface area contributed by atoms with Crippen LogP contribution in [-0.4, -0.2) is 83.7 Å². The summed E-state index contributed by atoms with van der Waals surface area (Å²) in [6, 6.07) is 6.01. The van der Waals surface area contributed by atoms with Crippen molar-refractivity contribution < 1.29 is 37.0 Å². The highest BCUT2D eigenvalue weighted by molar-refractivity contribution is 7.89. The van der Waals surface area contributed by atoms with Crippen LogP contribution < -0.4 is 46.3 Å². The van der Waals surface area contributed by atoms with E-state index in [1.165, 1.54) is 5.56 Å². The number of rotatable bonds is 22. The third kappa shape index (κ3) is 11.5. The quantitative estimate of drug-likeness (QED) is 0.0560. The van der Waals surface area contributed by atoms with E-state index in [-0.39, 0.29) is 61.4 Å². The second-order valence-electron chi connectivity index (χ2n) is 13.0. The minimum Gasteiger partial charge on any atom is -0.494 e. The van der Waals surface area contributed by atoms with Crippen LogP contribution in [0.2, 0.25) is 0 Å². The van der Waals surface area contributed by atoms with Gasteiger partial charge in [0.2, 0.25) is 21.8 Å². The average molecular weight is 771 g/mol. The first kappa shape index (κ1) is 41.7. The Balaban J connectivity index is 1.18. The highest BCUT2D eigenvalue weighted by Crippen LogP contribution is 2.26. The predicted molar refractivity (Wildman–Crippen MR) is 202 cm³/mol. The van der Waals surface area contributed by atoms with Gasteiger partial charge < -0.3 is 35.5 Å². The summed E-state index contributed by atoms with van der Waals surface area (Å²) in [5, 5.41) is 11.4. The lowest BCUT2D eigenvalue weighted by atomic mass is 10.1. The van der Waals surface area contributed by atoms with Crippen LogP contribution in [0.5, 0.6) is 11.5 Å². The molecule has 0 fully saturated rings. The van der Waals surface area contributed by atoms with Gasteiger partial charge in [0.25, 0.3) is 10.9 Å². The smallest absolute Gasteiger partial charge is 0.329 e. The van der Waals surface area contributed by atoms with E-state index in [0.29, 0.717) is 42.6 Å². The number of hydrogen-bond acceptors (Lipinski definition) is 13. The number of amides is 2. The second-order valence-corrected chi connectivity index (χ2v) is 14.7. The SMILES string of the molecule is CCOc1c(NCCNC(=O)CCCOc2cc(C)c(S(=O)(=O)NCC(NC(=O)CCCCc3ccc4c(n3)NCCC4)C(=O)OC)c(C)c2)c(=O)c1=O. The molecule has 0 aliphatic carbocycles. The number of aryl methyl sites for hydroxylation is 4. The minimum absolute atomic E-state index is 0.0147. The summed E-state index contributed by atoms with van der Waals surface area (Å²) in [5.41, 5.74) is 1.77. The number of carbonyl (C=O) groups is 3. The Morgan fingerprint density at radius 2 is 1.70 bits per heavy atom. The molecule has 1 atom stereocenters. The van der Waals surface area contributed by atoms with Gasteiger partial charge in [0.1, 0.15) is 23.3 Å². The van der Waals surface area contributed by atoms with Gasteiger partial charge in [0.15, 0.2) is 5.75 Å². The van der Waals surface area contributed by atoms with Gasteiger partial charge in [-0.25, -0.2) is 22.9 Å². The number of nitrogens with one attached hydrogen (secondary N) is 5. The van der Waals surface area contributed by atoms with Crippen LogP contribution in [0.3, 0.4) is 0 Å². The van der Waals surface area contributed by atoms with Gasteiger partial charge in [-0.15, -0.1) is 0 Å². The molecular formula is C37H50N6O10S. The average Bonchev–Trinajstić information content (AvgIpc) is 3.15. The Morgan fingerprint density at radius 1 is 0.963 bits per heavy atom. The number of fused-ring (bicyclic) bond motifs is 1. The highest BCUT2D eigenvalue weighted by atomic mass is 32.2. The molecule has 2 heterocycles. The molecule has 2 aromatic carbocycles. The summed E-state index contributed by atoms with van der Waals surface area (Å²) in [6.07, 6.45) is 4.76. The molecule has 1 aromatic heterocycles. The summed E-state index contributed by atoms with van der Waals surface area (Å²) < 4.78 is 45.0. The topological polar surface area (TPSA) is 220 Å². The molecule has 3 aromatic rings. The van der Waals surface area contributed by atoms with Crippen molar-refractivity contribution in [2.45, 2.75) is 83.1 Å². The highest BCUT2D eigenvalue weighted by Gasteiger charge is 2.27. The van der Waals surface area contributed by atoms with Crippen molar-refractivity contribution in [2.24, 2.45) is 0 Å². The van der Waals surface area contributed by atoms with E-state index in [1.807, 2.05) is 6.07 Å². The zero-order valence-electron chi connectivity index (χ0n) is 31.2. The Morgan fingerprint density at radius 3 is 2.43 bits per heavy atom. The Labute approximate surface area is 314 Å². The van der Waals surface area contributed by atoms with Crippen LogP contribution in [0.4, 0.5) is 11.5 Å². The summed E-state index contributed by atoms with van der Waals surface area (Å²) in [6.45, 7) is 6.35. The molecule has 4 rings (SSSR count). The third-order valence-electron chi connectivity index (χ3n) is 8.76. The molecule has 0 radical (unpaired) electrons. The second kappa shape index (κ2) is 19.9. The Bertz CT molecular complexity index is 1950. The van der Waals surface area contributed by atoms with Crippen molar-refractivity contribution in [3.63, 3.8) is 0 Å². The van der Waals surface area contributed by atoms with Crippen LogP contribution in [0.15, 0.2) is 38.8 Å². The number of carbonyl (C=O) groups excluding carboxylic acids is 3. The van der Waals surface area contributed by atoms with Crippen molar-refractivity contribution in [3.8, 4) is 11.5 Å². The predicted octanol–water partition coefficient (Wildman–Crippen LogP) is 1.79. The van der Waals surface area contributed by atoms with Crippen molar-refractivity contribution in [1.82, 2.24) is 20.3 Å². The molecule has 0 bridgehead atoms. The van der Waals surface area contributed by atoms with Crippen LogP contribution in [0.25, 0.3) is 0 Å². The van der Waals surface area contributed by atoms with Gasteiger partial charge in [-0.05, 0) is 94.2 Å². The number of benzene rings is 1. The first-order valence-electron chi connectivity index (χ1n) is 18.1. The molecule has 1 aliphatic heterocycles. The van der Waals surface area contributed by atoms with Gasteiger partial charge >= 0.3 is 5.97 Å². The summed E-state index contributed by atoms with van der Waals surface area (Å²) in [5.74, 6) is -0.0496. The number of esters is 1. The van der Waals surface area contributed by atoms with Crippen molar-refractivity contribution in [1.29, 1.82) is 0 Å². The Kier molecular flexibility index (Phi) is 15.4. The number of hydrogen-bond donors (Lipinski definition) is 5. The van der Waals surface area contributed by atoms with Crippen LogP contribution >= 0.6 is 0 Å². The number of anilines is 2. The minimum atomic E-state index is -4.11. The molecular weight excluding hydrogens is 721 g/mol. The molecule has 0 saturated heterocycles. The van der Waals surface area contributed by atoms with E-state index in [9.17, 15) is 32.4 Å². The summed E-state index contributed by atoms with van der Waals surface area (Å²) in [7, 11) is -2.95. The van der Waals surface area contributed by atoms with E-state index in [2.05, 4.69) is 37.0 Å². The molecule has 5 N–H and O–H groups in total. The fourth-order valence-corrected chi connectivity index (χ4v) is 7.59. The van der Waals surface area contributed by atoms with Gasteiger partial charge in [-0.1, -0.05) is 6.07 Å². The third-order valence-corrected chi connectivity index (χ3v) is 10.5. The lowest BCUT2D eigenvalue weighted by molar-refractivity contribution is -0.144. The first-order valence-corrected chi connectivity index (χ1v) is 19.6. The molecule has 294 valence electrons. The maximum Gasteiger partial charge on any atom is 0.329 e. The van der Waals surface area contributed by atoms with E-state index < -0.39 is 45.3 Å². The van der Waals surface area contributed by atoms with Gasteiger partial charge in [0.05, 0.1) is 25.2 Å². The maximum absolute atomic E-state index is 13.4. The van der Waals surface area contributed by atoms with E-state index in [1.54, 1.807) is 32.9 Å². The maximum atomic E-state index is 13.4. The summed E-state index contributed by atoms with van der Waals surface area (Å²) >= 11 is 0. The molecule has 17 heteroatoms. The lowest BCUT2D eigenvalue weighted by Gasteiger charge is -2.19. The zero-order chi connectivity index (χ0) is 39.3. The number of unbranched alkanes of at least 4 members (excludes halogenated alkanes) is 1. The van der Waals surface area contributed by atoms with E-state index >= 15 is 0 Å². The van der Waals surface area contributed by atoms with Crippen molar-refractivity contribution in [2.75, 3.05) is 57.1 Å². The normalized spacial score (nSPS) is 13.0. The van der Waals surface area contributed by atoms with E-state index in [0.717, 1.165) is 38.0 Å². The largest absolute Gasteiger partial charge is 0.494 e. The standard InChI is InChI=1S/C37H50N6O10S/c1-5-52-34-31(32(46)33(34)47)39-18-17-38-29(44)13-9-19-53-27-20-23(2)35(24(3)21-27)54(49,50)41-22-28(37(48)51-4)43-30(45)12-7-6-11-26-15-14-25-10-8-16-40-36(25)42-26/h14-15,20-21,28,39,41H,5-13,16-19,22H2,1-4H3,(H,38,44)(H,40,42)(H,43,45). The summed E-state index contributed by atoms with van der Waals surface area (Å²) in [4.78, 5) is 65.3. The van der Waals surface area contributed by atoms with Crippen molar-refractivity contribution >= 4 is 39.3 Å². The van der Waals surface area contributed by atoms with Gasteiger partial charge in [-0.3, -0.25) is 19.2 Å². The fourth-order valence-electron chi connectivity index (χ4n) is 6.10. The molecule has 54 heavy (non-hydrogen) atoms. The number of pyridine rings is 1. The van der Waals surface area contributed by atoms with Crippen molar-refractivity contribution in [3.05, 3.63) is 67.1 Å². The number of nitrogens with zero attached hydrogens (tertiary/aromatic N) is 1. The van der Waals surface area contributed by atoms with Crippen LogP contribution in [0, 0.1) is 13.8 Å². The van der Waals surface area contributed by atoms with Gasteiger partial charge in [0, 0.05) is 44.7 Å². The Hall–Kier alpha value is -5.03. The molecule has 1 aliphatic rings. The van der Waals surface area contributed by atoms with Crippen LogP contribution in [0.1, 0.15) is 67.8 Å². The number of aromatic nitrogens is 1. The fraction of sp³-hybridized carbons (Fsp3) is 0.514. The van der Waals surface area contributed by atoms with Gasteiger partial charge in [-0.2, -0.15) is 0 Å². The van der Waals surface area contributed by atoms with E-state index in [4.69, 9.17) is 14.2 Å². The number of methoxy groups -OCH3 is 1. The molecule has 2 amide bonds. The molecule has 1 unspecified atom stereocenters. The number of sulfonamides is 1. The monoisotopic (exact) mass is 770 g/mol. The molecule has 16 nitrogen and oxygen atoms in total. The number of ether oxygens (including phenoxy) is 3. The van der Waals surface area contributed by atoms with Crippen LogP contribution in [-0.2, 0) is 42.0 Å². The zero-order valence-corrected chi connectivity index (χ0v) is 32.0.